The fourth-order valence-electron chi connectivity index (χ4n) is 1.67. The number of nitrogens with one attached hydrogen (secondary N) is 3. The van der Waals surface area contributed by atoms with E-state index in [1.165, 1.54) is 0 Å². The molecule has 0 spiro atoms. The first kappa shape index (κ1) is 17.6. The van der Waals surface area contributed by atoms with Crippen LogP contribution in [-0.2, 0) is 4.79 Å². The topological polar surface area (TPSA) is 70.2 Å². The van der Waals surface area contributed by atoms with Gasteiger partial charge in [-0.2, -0.15) is 0 Å². The average molecular weight is 417 g/mol. The van der Waals surface area contributed by atoms with Gasteiger partial charge >= 0.3 is 0 Å². The molecule has 2 aromatic rings. The van der Waals surface area contributed by atoms with E-state index in [0.717, 1.165) is 0 Å². The molecule has 0 aliphatic carbocycles. The number of halogens is 3. The van der Waals surface area contributed by atoms with Crippen LogP contribution in [0.1, 0.15) is 10.4 Å². The predicted molar refractivity (Wildman–Crippen MR) is 94.7 cm³/mol. The second-order valence-electron chi connectivity index (χ2n) is 4.46. The van der Waals surface area contributed by atoms with E-state index in [2.05, 4.69) is 32.1 Å². The van der Waals surface area contributed by atoms with E-state index in [4.69, 9.17) is 23.2 Å². The molecular formula is C15H12BrCl2N3O2. The highest BCUT2D eigenvalue weighted by atomic mass is 79.9. The van der Waals surface area contributed by atoms with E-state index in [-0.39, 0.29) is 6.54 Å². The standard InChI is InChI=1S/C15H12BrCl2N3O2/c16-11-4-2-1-3-10(11)15(23)21-20-14(22)8-19-9-5-6-12(17)13(18)7-9/h1-7,19H,8H2,(H,20,22)(H,21,23). The third-order valence-electron chi connectivity index (χ3n) is 2.81. The van der Waals surface area contributed by atoms with Gasteiger partial charge in [-0.25, -0.2) is 0 Å². The van der Waals surface area contributed by atoms with Crippen molar-refractivity contribution in [3.8, 4) is 0 Å². The van der Waals surface area contributed by atoms with Gasteiger partial charge in [0.15, 0.2) is 0 Å². The Balaban J connectivity index is 1.82. The molecule has 5 nitrogen and oxygen atoms in total. The zero-order valence-corrected chi connectivity index (χ0v) is 14.8. The molecule has 0 radical (unpaired) electrons. The molecule has 0 aromatic heterocycles. The Hall–Kier alpha value is -1.76. The lowest BCUT2D eigenvalue weighted by Gasteiger charge is -2.10. The lowest BCUT2D eigenvalue weighted by molar-refractivity contribution is -0.120. The highest BCUT2D eigenvalue weighted by Gasteiger charge is 2.10. The van der Waals surface area contributed by atoms with Gasteiger partial charge in [-0.15, -0.1) is 0 Å². The van der Waals surface area contributed by atoms with Gasteiger partial charge in [0.25, 0.3) is 11.8 Å². The molecule has 0 aliphatic heterocycles. The maximum atomic E-state index is 11.9. The molecule has 0 saturated heterocycles. The van der Waals surface area contributed by atoms with Crippen molar-refractivity contribution in [2.75, 3.05) is 11.9 Å². The summed E-state index contributed by atoms with van der Waals surface area (Å²) in [6, 6.07) is 11.8. The SMILES string of the molecule is O=C(CNc1ccc(Cl)c(Cl)c1)NNC(=O)c1ccccc1Br. The normalized spacial score (nSPS) is 10.0. The summed E-state index contributed by atoms with van der Waals surface area (Å²) >= 11 is 15.0. The second kappa shape index (κ2) is 8.19. The van der Waals surface area contributed by atoms with Crippen molar-refractivity contribution in [3.63, 3.8) is 0 Å². The summed E-state index contributed by atoms with van der Waals surface area (Å²) < 4.78 is 0.640. The summed E-state index contributed by atoms with van der Waals surface area (Å²) in [5.74, 6) is -0.822. The molecule has 2 aromatic carbocycles. The van der Waals surface area contributed by atoms with Crippen molar-refractivity contribution in [2.45, 2.75) is 0 Å². The molecule has 0 atom stereocenters. The van der Waals surface area contributed by atoms with Gasteiger partial charge < -0.3 is 5.32 Å². The minimum absolute atomic E-state index is 0.0335. The van der Waals surface area contributed by atoms with E-state index >= 15 is 0 Å². The van der Waals surface area contributed by atoms with Gasteiger partial charge in [0.1, 0.15) is 0 Å². The van der Waals surface area contributed by atoms with Crippen LogP contribution in [0.4, 0.5) is 5.69 Å². The van der Waals surface area contributed by atoms with Gasteiger partial charge in [-0.1, -0.05) is 35.3 Å². The van der Waals surface area contributed by atoms with Crippen LogP contribution in [0, 0.1) is 0 Å². The Labute approximate surface area is 151 Å². The van der Waals surface area contributed by atoms with E-state index in [0.29, 0.717) is 25.8 Å². The van der Waals surface area contributed by atoms with E-state index in [1.807, 2.05) is 0 Å². The molecule has 0 unspecified atom stereocenters. The molecule has 0 bridgehead atoms. The fraction of sp³-hybridized carbons (Fsp3) is 0.0667. The van der Waals surface area contributed by atoms with Crippen LogP contribution in [0.5, 0.6) is 0 Å². The largest absolute Gasteiger partial charge is 0.376 e. The highest BCUT2D eigenvalue weighted by Crippen LogP contribution is 2.24. The Morgan fingerprint density at radius 1 is 1.00 bits per heavy atom. The molecule has 120 valence electrons. The molecule has 2 rings (SSSR count). The zero-order chi connectivity index (χ0) is 16.8. The highest BCUT2D eigenvalue weighted by molar-refractivity contribution is 9.10. The van der Waals surface area contributed by atoms with Crippen molar-refractivity contribution in [3.05, 3.63) is 62.5 Å². The van der Waals surface area contributed by atoms with Crippen LogP contribution in [-0.4, -0.2) is 18.4 Å². The van der Waals surface area contributed by atoms with Crippen LogP contribution in [0.3, 0.4) is 0 Å². The number of hydrazine groups is 1. The third kappa shape index (κ3) is 5.13. The van der Waals surface area contributed by atoms with E-state index in [1.54, 1.807) is 42.5 Å². The first-order valence-corrected chi connectivity index (χ1v) is 8.05. The number of hydrogen-bond acceptors (Lipinski definition) is 3. The molecule has 0 heterocycles. The number of benzene rings is 2. The maximum absolute atomic E-state index is 11.9. The average Bonchev–Trinajstić information content (AvgIpc) is 2.54. The minimum atomic E-state index is -0.416. The number of carbonyl (C=O) groups excluding carboxylic acids is 2. The fourth-order valence-corrected chi connectivity index (χ4v) is 2.43. The van der Waals surface area contributed by atoms with Crippen molar-refractivity contribution in [1.29, 1.82) is 0 Å². The van der Waals surface area contributed by atoms with Crippen LogP contribution in [0.2, 0.25) is 10.0 Å². The molecule has 0 aliphatic rings. The Kier molecular flexibility index (Phi) is 6.27. The first-order valence-electron chi connectivity index (χ1n) is 6.50. The smallest absolute Gasteiger partial charge is 0.270 e. The van der Waals surface area contributed by atoms with Crippen LogP contribution in [0.15, 0.2) is 46.9 Å². The summed E-state index contributed by atoms with van der Waals surface area (Å²) in [6.45, 7) is -0.0335. The number of rotatable bonds is 4. The monoisotopic (exact) mass is 415 g/mol. The van der Waals surface area contributed by atoms with Crippen LogP contribution >= 0.6 is 39.1 Å². The third-order valence-corrected chi connectivity index (χ3v) is 4.24. The lowest BCUT2D eigenvalue weighted by Crippen LogP contribution is -2.44. The van der Waals surface area contributed by atoms with E-state index in [9.17, 15) is 9.59 Å². The van der Waals surface area contributed by atoms with Gasteiger partial charge in [0.05, 0.1) is 22.2 Å². The Morgan fingerprint density at radius 2 is 1.74 bits per heavy atom. The molecule has 3 N–H and O–H groups in total. The van der Waals surface area contributed by atoms with Crippen molar-refractivity contribution in [1.82, 2.24) is 10.9 Å². The quantitative estimate of drug-likeness (QED) is 0.666. The van der Waals surface area contributed by atoms with Crippen molar-refractivity contribution < 1.29 is 9.59 Å². The van der Waals surface area contributed by atoms with Crippen molar-refractivity contribution in [2.24, 2.45) is 0 Å². The second-order valence-corrected chi connectivity index (χ2v) is 6.13. The summed E-state index contributed by atoms with van der Waals surface area (Å²) in [5, 5.41) is 3.69. The summed E-state index contributed by atoms with van der Waals surface area (Å²) in [7, 11) is 0. The van der Waals surface area contributed by atoms with Crippen molar-refractivity contribution >= 4 is 56.6 Å². The number of anilines is 1. The summed E-state index contributed by atoms with van der Waals surface area (Å²) in [5.41, 5.74) is 5.73. The number of amides is 2. The molecule has 0 fully saturated rings. The molecular weight excluding hydrogens is 405 g/mol. The minimum Gasteiger partial charge on any atom is -0.376 e. The first-order chi connectivity index (χ1) is 11.0. The number of carbonyl (C=O) groups is 2. The molecule has 0 saturated carbocycles. The number of hydrogen-bond donors (Lipinski definition) is 3. The molecule has 8 heteroatoms. The van der Waals surface area contributed by atoms with E-state index < -0.39 is 11.8 Å². The van der Waals surface area contributed by atoms with Gasteiger partial charge in [-0.3, -0.25) is 20.4 Å². The van der Waals surface area contributed by atoms with Gasteiger partial charge in [0.2, 0.25) is 0 Å². The van der Waals surface area contributed by atoms with Crippen LogP contribution in [0.25, 0.3) is 0 Å². The zero-order valence-electron chi connectivity index (χ0n) is 11.7. The Morgan fingerprint density at radius 3 is 2.43 bits per heavy atom. The molecule has 2 amide bonds. The van der Waals surface area contributed by atoms with Gasteiger partial charge in [-0.05, 0) is 46.3 Å². The van der Waals surface area contributed by atoms with Crippen LogP contribution < -0.4 is 16.2 Å². The Bertz CT molecular complexity index is 740. The summed E-state index contributed by atoms with van der Waals surface area (Å²) in [6.07, 6.45) is 0. The summed E-state index contributed by atoms with van der Waals surface area (Å²) in [4.78, 5) is 23.6. The predicted octanol–water partition coefficient (Wildman–Crippen LogP) is 3.63. The lowest BCUT2D eigenvalue weighted by atomic mass is 10.2. The van der Waals surface area contributed by atoms with Gasteiger partial charge in [0, 0.05) is 10.2 Å². The maximum Gasteiger partial charge on any atom is 0.270 e. The molecule has 23 heavy (non-hydrogen) atoms.